The van der Waals surface area contributed by atoms with Crippen molar-refractivity contribution in [2.24, 2.45) is 5.92 Å². The van der Waals surface area contributed by atoms with Gasteiger partial charge in [0.05, 0.1) is 12.7 Å². The zero-order valence-corrected chi connectivity index (χ0v) is 15.3. The summed E-state index contributed by atoms with van der Waals surface area (Å²) in [5.74, 6) is 0.549. The number of unbranched alkanes of at least 4 members (excludes halogenated alkanes) is 3. The molecule has 3 nitrogen and oxygen atoms in total. The van der Waals surface area contributed by atoms with Gasteiger partial charge in [-0.1, -0.05) is 40.0 Å². The molecular weight excluding hydrogens is 262 g/mol. The van der Waals surface area contributed by atoms with E-state index in [2.05, 4.69) is 46.6 Å². The molecule has 1 atom stereocenters. The highest BCUT2D eigenvalue weighted by atomic mass is 16.5. The largest absolute Gasteiger partial charge is 0.393 e. The molecule has 0 bridgehead atoms. The van der Waals surface area contributed by atoms with Gasteiger partial charge in [-0.3, -0.25) is 4.90 Å². The number of hydrogen-bond acceptors (Lipinski definition) is 3. The molecule has 3 heteroatoms. The molecule has 0 saturated heterocycles. The van der Waals surface area contributed by atoms with Crippen LogP contribution in [0.25, 0.3) is 0 Å². The van der Waals surface area contributed by atoms with Gasteiger partial charge in [0.25, 0.3) is 0 Å². The molecule has 0 rings (SSSR count). The smallest absolute Gasteiger partial charge is 0.0593 e. The average Bonchev–Trinajstić information content (AvgIpc) is 2.35. The van der Waals surface area contributed by atoms with Gasteiger partial charge in [0, 0.05) is 18.7 Å². The van der Waals surface area contributed by atoms with Crippen molar-refractivity contribution < 1.29 is 9.84 Å². The maximum absolute atomic E-state index is 10.1. The highest BCUT2D eigenvalue weighted by molar-refractivity contribution is 4.82. The maximum Gasteiger partial charge on any atom is 0.0593 e. The van der Waals surface area contributed by atoms with Crippen molar-refractivity contribution in [1.29, 1.82) is 0 Å². The molecule has 1 unspecified atom stereocenters. The van der Waals surface area contributed by atoms with Gasteiger partial charge in [-0.15, -0.1) is 0 Å². The van der Waals surface area contributed by atoms with Crippen molar-refractivity contribution >= 4 is 0 Å². The van der Waals surface area contributed by atoms with E-state index >= 15 is 0 Å². The Hall–Kier alpha value is -0.120. The first-order valence-electron chi connectivity index (χ1n) is 8.76. The molecular formula is C18H39NO2. The molecule has 0 spiro atoms. The van der Waals surface area contributed by atoms with Crippen molar-refractivity contribution in [3.63, 3.8) is 0 Å². The third kappa shape index (κ3) is 11.1. The summed E-state index contributed by atoms with van der Waals surface area (Å²) < 4.78 is 5.71. The zero-order chi connectivity index (χ0) is 16.3. The Bertz CT molecular complexity index is 241. The van der Waals surface area contributed by atoms with Gasteiger partial charge in [0.15, 0.2) is 0 Å². The second-order valence-electron chi connectivity index (χ2n) is 7.39. The van der Waals surface area contributed by atoms with Crippen LogP contribution in [0.15, 0.2) is 0 Å². The van der Waals surface area contributed by atoms with Crippen LogP contribution in [-0.4, -0.2) is 48.5 Å². The molecule has 0 heterocycles. The minimum absolute atomic E-state index is 0.0138. The summed E-state index contributed by atoms with van der Waals surface area (Å²) >= 11 is 0. The molecule has 0 radical (unpaired) electrons. The van der Waals surface area contributed by atoms with Gasteiger partial charge >= 0.3 is 0 Å². The summed E-state index contributed by atoms with van der Waals surface area (Å²) in [6.45, 7) is 13.5. The third-order valence-corrected chi connectivity index (χ3v) is 4.23. The Balaban J connectivity index is 3.83. The predicted octanol–water partition coefficient (Wildman–Crippen LogP) is 4.09. The first kappa shape index (κ1) is 20.9. The highest BCUT2D eigenvalue weighted by Crippen LogP contribution is 2.22. The van der Waals surface area contributed by atoms with Crippen LogP contribution in [0.3, 0.4) is 0 Å². The molecule has 0 aliphatic carbocycles. The molecule has 0 fully saturated rings. The number of likely N-dealkylation sites (N-methyl/N-ethyl adjacent to an activating group) is 1. The normalized spacial score (nSPS) is 14.1. The Kier molecular flexibility index (Phi) is 11.4. The van der Waals surface area contributed by atoms with Crippen molar-refractivity contribution in [3.05, 3.63) is 0 Å². The van der Waals surface area contributed by atoms with E-state index in [1.54, 1.807) is 0 Å². The van der Waals surface area contributed by atoms with Crippen LogP contribution in [0, 0.1) is 5.92 Å². The summed E-state index contributed by atoms with van der Waals surface area (Å²) in [6.07, 6.45) is 6.52. The van der Waals surface area contributed by atoms with Gasteiger partial charge in [0.2, 0.25) is 0 Å². The molecule has 0 aromatic rings. The number of ether oxygens (including phenoxy) is 1. The lowest BCUT2D eigenvalue weighted by atomic mass is 9.91. The molecule has 0 aliphatic heterocycles. The molecule has 0 amide bonds. The topological polar surface area (TPSA) is 32.7 Å². The van der Waals surface area contributed by atoms with E-state index in [9.17, 15) is 5.11 Å². The summed E-state index contributed by atoms with van der Waals surface area (Å²) in [4.78, 5) is 2.31. The Morgan fingerprint density at radius 1 is 1.10 bits per heavy atom. The third-order valence-electron chi connectivity index (χ3n) is 4.23. The quantitative estimate of drug-likeness (QED) is 0.520. The number of hydrogen-bond donors (Lipinski definition) is 1. The van der Waals surface area contributed by atoms with Crippen LogP contribution in [0.4, 0.5) is 0 Å². The molecule has 0 aromatic carbocycles. The van der Waals surface area contributed by atoms with Crippen molar-refractivity contribution in [2.45, 2.75) is 84.8 Å². The molecule has 128 valence electrons. The fraction of sp³-hybridized carbons (Fsp3) is 1.00. The van der Waals surface area contributed by atoms with E-state index in [1.165, 1.54) is 25.7 Å². The molecule has 0 saturated carbocycles. The molecule has 21 heavy (non-hydrogen) atoms. The lowest BCUT2D eigenvalue weighted by molar-refractivity contribution is 0.0343. The highest BCUT2D eigenvalue weighted by Gasteiger charge is 2.26. The second-order valence-corrected chi connectivity index (χ2v) is 7.39. The summed E-state index contributed by atoms with van der Waals surface area (Å²) in [5.41, 5.74) is 0.0138. The molecule has 0 aliphatic rings. The fourth-order valence-corrected chi connectivity index (χ4v) is 2.60. The molecule has 0 aromatic heterocycles. The second kappa shape index (κ2) is 11.4. The van der Waals surface area contributed by atoms with E-state index in [0.29, 0.717) is 5.92 Å². The minimum Gasteiger partial charge on any atom is -0.393 e. The fourth-order valence-electron chi connectivity index (χ4n) is 2.60. The first-order valence-corrected chi connectivity index (χ1v) is 8.76. The van der Waals surface area contributed by atoms with Gasteiger partial charge < -0.3 is 9.84 Å². The predicted molar refractivity (Wildman–Crippen MR) is 91.7 cm³/mol. The van der Waals surface area contributed by atoms with Crippen LogP contribution in [0.5, 0.6) is 0 Å². The average molecular weight is 302 g/mol. The number of aliphatic hydroxyl groups is 1. The van der Waals surface area contributed by atoms with Gasteiger partial charge in [-0.2, -0.15) is 0 Å². The summed E-state index contributed by atoms with van der Waals surface area (Å²) in [6, 6.07) is 0. The van der Waals surface area contributed by atoms with Gasteiger partial charge in [-0.05, 0) is 46.1 Å². The Morgan fingerprint density at radius 3 is 2.33 bits per heavy atom. The monoisotopic (exact) mass is 301 g/mol. The van der Waals surface area contributed by atoms with Crippen LogP contribution < -0.4 is 0 Å². The SMILES string of the molecule is CCCCCCOCCN(C)C(C)(C)CC(O)CC(C)C. The van der Waals surface area contributed by atoms with Crippen molar-refractivity contribution in [2.75, 3.05) is 26.8 Å². The molecule has 1 N–H and O–H groups in total. The summed E-state index contributed by atoms with van der Waals surface area (Å²) in [5, 5.41) is 10.1. The van der Waals surface area contributed by atoms with Crippen molar-refractivity contribution in [1.82, 2.24) is 4.90 Å². The Labute approximate surface area is 133 Å². The maximum atomic E-state index is 10.1. The standard InChI is InChI=1S/C18H39NO2/c1-7-8-9-10-12-21-13-11-19(6)18(4,5)15-17(20)14-16(2)3/h16-17,20H,7-15H2,1-6H3. The van der Waals surface area contributed by atoms with E-state index in [4.69, 9.17) is 4.74 Å². The van der Waals surface area contributed by atoms with Crippen LogP contribution >= 0.6 is 0 Å². The van der Waals surface area contributed by atoms with Crippen molar-refractivity contribution in [3.8, 4) is 0 Å². The minimum atomic E-state index is -0.211. The first-order chi connectivity index (χ1) is 9.79. The zero-order valence-electron chi connectivity index (χ0n) is 15.3. The number of aliphatic hydroxyl groups excluding tert-OH is 1. The van der Waals surface area contributed by atoms with Gasteiger partial charge in [-0.25, -0.2) is 0 Å². The number of nitrogens with zero attached hydrogens (tertiary/aromatic N) is 1. The Morgan fingerprint density at radius 2 is 1.76 bits per heavy atom. The van der Waals surface area contributed by atoms with E-state index in [1.807, 2.05) is 0 Å². The van der Waals surface area contributed by atoms with E-state index in [0.717, 1.165) is 32.6 Å². The van der Waals surface area contributed by atoms with E-state index in [-0.39, 0.29) is 11.6 Å². The van der Waals surface area contributed by atoms with E-state index < -0.39 is 0 Å². The van der Waals surface area contributed by atoms with Gasteiger partial charge in [0.1, 0.15) is 0 Å². The van der Waals surface area contributed by atoms with Crippen LogP contribution in [0.2, 0.25) is 0 Å². The summed E-state index contributed by atoms with van der Waals surface area (Å²) in [7, 11) is 2.13. The van der Waals surface area contributed by atoms with Crippen LogP contribution in [-0.2, 0) is 4.74 Å². The lowest BCUT2D eigenvalue weighted by Crippen LogP contribution is -2.45. The number of rotatable bonds is 13. The lowest BCUT2D eigenvalue weighted by Gasteiger charge is -2.37. The van der Waals surface area contributed by atoms with Crippen LogP contribution in [0.1, 0.15) is 73.1 Å².